The van der Waals surface area contributed by atoms with Gasteiger partial charge in [-0.15, -0.1) is 0 Å². The van der Waals surface area contributed by atoms with Crippen LogP contribution >= 0.6 is 0 Å². The van der Waals surface area contributed by atoms with Crippen molar-refractivity contribution in [2.45, 2.75) is 0 Å². The normalized spacial score (nSPS) is 13.0. The van der Waals surface area contributed by atoms with Gasteiger partial charge in [0.15, 0.2) is 17.5 Å². The van der Waals surface area contributed by atoms with Crippen molar-refractivity contribution in [1.82, 2.24) is 19.5 Å². The van der Waals surface area contributed by atoms with E-state index < -0.39 is 30.2 Å². The van der Waals surface area contributed by atoms with Gasteiger partial charge in [0.2, 0.25) is 0 Å². The molecule has 0 saturated carbocycles. The molecule has 5 heteroatoms. The van der Waals surface area contributed by atoms with Crippen molar-refractivity contribution < 1.29 is 11.3 Å². The summed E-state index contributed by atoms with van der Waals surface area (Å²) >= 11 is 0. The second-order valence-corrected chi connectivity index (χ2v) is 14.4. The first-order valence-corrected chi connectivity index (χ1v) is 19.1. The number of hydrogen-bond acceptors (Lipinski definition) is 4. The zero-order valence-corrected chi connectivity index (χ0v) is 30.8. The fraction of sp³-hybridized carbons (Fsp3) is 0. The molecular weight excluding hydrogens is 709 g/mol. The van der Waals surface area contributed by atoms with Crippen molar-refractivity contribution in [3.8, 4) is 51.0 Å². The van der Waals surface area contributed by atoms with Crippen LogP contribution in [-0.4, -0.2) is 19.5 Å². The molecular formula is C53H32N4O. The van der Waals surface area contributed by atoms with Crippen molar-refractivity contribution in [1.29, 1.82) is 0 Å². The van der Waals surface area contributed by atoms with Crippen molar-refractivity contribution >= 4 is 65.3 Å². The Kier molecular flexibility index (Phi) is 6.12. The summed E-state index contributed by atoms with van der Waals surface area (Å²) in [6.45, 7) is 0. The summed E-state index contributed by atoms with van der Waals surface area (Å²) in [5.41, 5.74) is 7.23. The van der Waals surface area contributed by atoms with Gasteiger partial charge in [-0.3, -0.25) is 0 Å². The van der Waals surface area contributed by atoms with E-state index in [2.05, 4.69) is 83.4 Å². The second-order valence-electron chi connectivity index (χ2n) is 14.4. The first kappa shape index (κ1) is 27.7. The highest BCUT2D eigenvalue weighted by Gasteiger charge is 2.22. The molecule has 5 nitrogen and oxygen atoms in total. The number of aromatic nitrogens is 4. The third-order valence-electron chi connectivity index (χ3n) is 11.1. The number of para-hydroxylation sites is 2. The van der Waals surface area contributed by atoms with Crippen LogP contribution in [0.15, 0.2) is 198 Å². The Hall–Kier alpha value is -7.89. The third-order valence-corrected chi connectivity index (χ3v) is 11.1. The van der Waals surface area contributed by atoms with Gasteiger partial charge in [-0.25, -0.2) is 15.0 Å². The Morgan fingerprint density at radius 2 is 1.03 bits per heavy atom. The van der Waals surface area contributed by atoms with Gasteiger partial charge >= 0.3 is 0 Å². The van der Waals surface area contributed by atoms with Crippen molar-refractivity contribution in [3.63, 3.8) is 0 Å². The van der Waals surface area contributed by atoms with Crippen LogP contribution in [0, 0.1) is 0 Å². The average Bonchev–Trinajstić information content (AvgIpc) is 3.88. The van der Waals surface area contributed by atoms with Crippen LogP contribution < -0.4 is 0 Å². The monoisotopic (exact) mass is 745 g/mol. The molecule has 0 atom stereocenters. The quantitative estimate of drug-likeness (QED) is 0.165. The van der Waals surface area contributed by atoms with Crippen LogP contribution in [0.4, 0.5) is 0 Å². The van der Waals surface area contributed by atoms with E-state index in [1.165, 1.54) is 0 Å². The molecule has 0 radical (unpaired) electrons. The number of furan rings is 1. The van der Waals surface area contributed by atoms with E-state index in [0.717, 1.165) is 70.9 Å². The molecule has 0 aliphatic carbocycles. The fourth-order valence-electron chi connectivity index (χ4n) is 8.41. The Balaban J connectivity index is 1.19. The minimum absolute atomic E-state index is 0.0529. The zero-order valence-electron chi connectivity index (χ0n) is 35.8. The summed E-state index contributed by atoms with van der Waals surface area (Å²) in [5.74, 6) is 0.437. The van der Waals surface area contributed by atoms with Gasteiger partial charge in [0.05, 0.1) is 23.5 Å². The van der Waals surface area contributed by atoms with Crippen LogP contribution in [0.5, 0.6) is 0 Å². The van der Waals surface area contributed by atoms with Gasteiger partial charge in [0.25, 0.3) is 0 Å². The van der Waals surface area contributed by atoms with Crippen LogP contribution in [-0.2, 0) is 0 Å². The highest BCUT2D eigenvalue weighted by molar-refractivity contribution is 6.13. The Morgan fingerprint density at radius 1 is 0.414 bits per heavy atom. The summed E-state index contributed by atoms with van der Waals surface area (Å²) < 4.78 is 52.6. The predicted octanol–water partition coefficient (Wildman–Crippen LogP) is 13.8. The molecule has 12 rings (SSSR count). The smallest absolute Gasteiger partial charge is 0.167 e. The summed E-state index contributed by atoms with van der Waals surface area (Å²) in [6.07, 6.45) is 0. The van der Waals surface area contributed by atoms with Crippen molar-refractivity contribution in [2.75, 3.05) is 0 Å². The number of benzene rings is 9. The molecule has 0 bridgehead atoms. The Labute approximate surface area is 340 Å². The molecule has 0 saturated heterocycles. The van der Waals surface area contributed by atoms with E-state index in [9.17, 15) is 0 Å². The van der Waals surface area contributed by atoms with E-state index in [1.807, 2.05) is 84.9 Å². The molecule has 0 fully saturated rings. The van der Waals surface area contributed by atoms with E-state index in [1.54, 1.807) is 0 Å². The molecule has 0 aliphatic heterocycles. The average molecular weight is 746 g/mol. The van der Waals surface area contributed by atoms with Crippen LogP contribution in [0.25, 0.3) is 116 Å². The summed E-state index contributed by atoms with van der Waals surface area (Å²) in [5, 5.41) is 8.13. The van der Waals surface area contributed by atoms with Gasteiger partial charge < -0.3 is 8.98 Å². The van der Waals surface area contributed by atoms with Gasteiger partial charge in [-0.05, 0) is 75.1 Å². The lowest BCUT2D eigenvalue weighted by Crippen LogP contribution is -2.01. The van der Waals surface area contributed by atoms with E-state index in [0.29, 0.717) is 22.3 Å². The molecule has 0 spiro atoms. The standard InChI is InChI=1S/C53H32N4O/c1-3-13-33(14-4-1)37-27-28-43-45-31-39(57-47-21-11-9-19-41(47)42-20-10-12-22-48(42)57)32-46(50(45)58-49(43)30-37)53-55-51(36-16-5-2-6-17-36)54-52(56-53)38-26-25-35-24-23-34-15-7-8-18-40(34)44(35)29-38/h1-32H/i2D,5D,6D,16D,17D. The highest BCUT2D eigenvalue weighted by atomic mass is 16.3. The summed E-state index contributed by atoms with van der Waals surface area (Å²) in [7, 11) is 0. The molecule has 58 heavy (non-hydrogen) atoms. The minimum atomic E-state index is -0.498. The van der Waals surface area contributed by atoms with Crippen molar-refractivity contribution in [2.24, 2.45) is 0 Å². The van der Waals surface area contributed by atoms with Crippen LogP contribution in [0.2, 0.25) is 0 Å². The Morgan fingerprint density at radius 3 is 1.81 bits per heavy atom. The maximum Gasteiger partial charge on any atom is 0.167 e. The lowest BCUT2D eigenvalue weighted by Gasteiger charge is -2.13. The molecule has 3 heterocycles. The first-order valence-electron chi connectivity index (χ1n) is 21.6. The molecule has 270 valence electrons. The molecule has 0 N–H and O–H groups in total. The highest BCUT2D eigenvalue weighted by Crippen LogP contribution is 2.41. The maximum absolute atomic E-state index is 9.00. The van der Waals surface area contributed by atoms with E-state index in [-0.39, 0.29) is 23.0 Å². The molecule has 0 amide bonds. The van der Waals surface area contributed by atoms with Gasteiger partial charge in [-0.1, -0.05) is 152 Å². The number of hydrogen-bond donors (Lipinski definition) is 0. The Bertz CT molecular complexity index is 3800. The second kappa shape index (κ2) is 12.8. The fourth-order valence-corrected chi connectivity index (χ4v) is 8.41. The van der Waals surface area contributed by atoms with Crippen LogP contribution in [0.3, 0.4) is 0 Å². The maximum atomic E-state index is 9.00. The molecule has 12 aromatic rings. The lowest BCUT2D eigenvalue weighted by atomic mass is 9.99. The number of fused-ring (bicyclic) bond motifs is 9. The van der Waals surface area contributed by atoms with Crippen LogP contribution in [0.1, 0.15) is 6.85 Å². The van der Waals surface area contributed by atoms with Gasteiger partial charge in [0, 0.05) is 38.4 Å². The third kappa shape index (κ3) is 5.14. The number of rotatable bonds is 5. The van der Waals surface area contributed by atoms with Crippen molar-refractivity contribution in [3.05, 3.63) is 194 Å². The zero-order chi connectivity index (χ0) is 42.5. The molecule has 3 aromatic heterocycles. The molecule has 0 unspecified atom stereocenters. The van der Waals surface area contributed by atoms with Gasteiger partial charge in [-0.2, -0.15) is 0 Å². The topological polar surface area (TPSA) is 56.7 Å². The van der Waals surface area contributed by atoms with E-state index in [4.69, 9.17) is 26.2 Å². The molecule has 0 aliphatic rings. The minimum Gasteiger partial charge on any atom is -0.455 e. The summed E-state index contributed by atoms with van der Waals surface area (Å²) in [6, 6.07) is 53.3. The summed E-state index contributed by atoms with van der Waals surface area (Å²) in [4.78, 5) is 15.1. The first-order chi connectivity index (χ1) is 30.8. The molecule has 9 aromatic carbocycles. The predicted molar refractivity (Wildman–Crippen MR) is 238 cm³/mol. The largest absolute Gasteiger partial charge is 0.455 e. The van der Waals surface area contributed by atoms with E-state index >= 15 is 0 Å². The number of nitrogens with zero attached hydrogens (tertiary/aromatic N) is 4. The van der Waals surface area contributed by atoms with Gasteiger partial charge in [0.1, 0.15) is 11.2 Å². The lowest BCUT2D eigenvalue weighted by molar-refractivity contribution is 0.669. The SMILES string of the molecule is [2H]c1c([2H])c([2H])c(-c2nc(-c3ccc4ccc5ccccc5c4c3)nc(-c3cc(-n4c5ccccc5c5ccccc54)cc4c3oc3cc(-c5ccccc5)ccc34)n2)c([2H])c1[2H].